The molecule has 2 heterocycles. The molecule has 2 aromatic heterocycles. The smallest absolute Gasteiger partial charge is 0.274 e. The van der Waals surface area contributed by atoms with E-state index in [-0.39, 0.29) is 18.2 Å². The lowest BCUT2D eigenvalue weighted by molar-refractivity contribution is 0.0938. The number of hydrogen-bond acceptors (Lipinski definition) is 6. The van der Waals surface area contributed by atoms with E-state index in [1.165, 1.54) is 0 Å². The van der Waals surface area contributed by atoms with Crippen molar-refractivity contribution in [3.05, 3.63) is 33.1 Å². The number of rotatable bonds is 6. The van der Waals surface area contributed by atoms with Gasteiger partial charge in [-0.25, -0.2) is 4.98 Å². The molecule has 0 aliphatic heterocycles. The van der Waals surface area contributed by atoms with Crippen molar-refractivity contribution in [2.24, 2.45) is 0 Å². The summed E-state index contributed by atoms with van der Waals surface area (Å²) < 4.78 is 4.91. The van der Waals surface area contributed by atoms with Gasteiger partial charge < -0.3 is 14.9 Å². The molecule has 0 radical (unpaired) electrons. The molecule has 0 aliphatic carbocycles. The van der Waals surface area contributed by atoms with Crippen LogP contribution in [0.4, 0.5) is 0 Å². The summed E-state index contributed by atoms with van der Waals surface area (Å²) in [5.41, 5.74) is 1.39. The summed E-state index contributed by atoms with van der Waals surface area (Å²) in [5, 5.41) is 18.6. The summed E-state index contributed by atoms with van der Waals surface area (Å²) in [6.07, 6.45) is 2.01. The molecule has 6 nitrogen and oxygen atoms in total. The van der Waals surface area contributed by atoms with Crippen LogP contribution < -0.4 is 5.32 Å². The average Bonchev–Trinajstić information content (AvgIpc) is 3.03. The van der Waals surface area contributed by atoms with E-state index in [0.717, 1.165) is 23.5 Å². The van der Waals surface area contributed by atoms with Crippen LogP contribution in [-0.4, -0.2) is 21.2 Å². The summed E-state index contributed by atoms with van der Waals surface area (Å²) >= 11 is 1.60. The number of carbonyl (C=O) groups excluding carboxylic acids is 1. The molecule has 0 saturated carbocycles. The number of amides is 1. The number of aryl methyl sites for hydroxylation is 2. The largest absolute Gasteiger partial charge is 0.391 e. The van der Waals surface area contributed by atoms with E-state index in [2.05, 4.69) is 22.4 Å². The Balaban J connectivity index is 1.97. The lowest BCUT2D eigenvalue weighted by atomic mass is 10.2. The summed E-state index contributed by atoms with van der Waals surface area (Å²) in [4.78, 5) is 16.4. The number of nitrogens with zero attached hydrogens (tertiary/aromatic N) is 2. The Morgan fingerprint density at radius 1 is 1.55 bits per heavy atom. The van der Waals surface area contributed by atoms with E-state index in [0.29, 0.717) is 17.9 Å². The summed E-state index contributed by atoms with van der Waals surface area (Å²) in [6, 6.07) is 0. The second kappa shape index (κ2) is 6.62. The van der Waals surface area contributed by atoms with Gasteiger partial charge in [-0.05, 0) is 19.8 Å². The third kappa shape index (κ3) is 3.23. The number of carbonyl (C=O) groups is 1. The molecule has 108 valence electrons. The number of aliphatic hydroxyl groups is 1. The van der Waals surface area contributed by atoms with E-state index in [4.69, 9.17) is 4.52 Å². The van der Waals surface area contributed by atoms with E-state index in [9.17, 15) is 9.90 Å². The molecule has 0 spiro atoms. The van der Waals surface area contributed by atoms with Crippen molar-refractivity contribution in [2.75, 3.05) is 0 Å². The van der Waals surface area contributed by atoms with Gasteiger partial charge in [-0.2, -0.15) is 0 Å². The van der Waals surface area contributed by atoms with Crippen molar-refractivity contribution < 1.29 is 14.4 Å². The van der Waals surface area contributed by atoms with E-state index < -0.39 is 0 Å². The highest BCUT2D eigenvalue weighted by molar-refractivity contribution is 7.09. The SMILES string of the molecule is CCCc1nc(CNC(=O)c2noc(C)c2CO)cs1. The van der Waals surface area contributed by atoms with E-state index >= 15 is 0 Å². The van der Waals surface area contributed by atoms with Gasteiger partial charge in [-0.15, -0.1) is 11.3 Å². The summed E-state index contributed by atoms with van der Waals surface area (Å²) in [7, 11) is 0. The molecule has 0 aromatic carbocycles. The van der Waals surface area contributed by atoms with Crippen LogP contribution in [-0.2, 0) is 19.6 Å². The van der Waals surface area contributed by atoms with Gasteiger partial charge in [-0.1, -0.05) is 12.1 Å². The van der Waals surface area contributed by atoms with Crippen LogP contribution in [0.5, 0.6) is 0 Å². The molecule has 1 amide bonds. The number of nitrogens with one attached hydrogen (secondary N) is 1. The first-order valence-electron chi connectivity index (χ1n) is 6.43. The highest BCUT2D eigenvalue weighted by atomic mass is 32.1. The predicted molar refractivity (Wildman–Crippen MR) is 74.4 cm³/mol. The molecule has 20 heavy (non-hydrogen) atoms. The molecule has 0 atom stereocenters. The van der Waals surface area contributed by atoms with Crippen molar-refractivity contribution in [1.82, 2.24) is 15.5 Å². The van der Waals surface area contributed by atoms with Gasteiger partial charge in [-0.3, -0.25) is 4.79 Å². The summed E-state index contributed by atoms with van der Waals surface area (Å²) in [5.74, 6) is 0.0903. The Labute approximate surface area is 120 Å². The van der Waals surface area contributed by atoms with Gasteiger partial charge in [0.05, 0.1) is 29.4 Å². The first-order chi connectivity index (χ1) is 9.65. The Morgan fingerprint density at radius 2 is 2.35 bits per heavy atom. The maximum absolute atomic E-state index is 12.0. The second-order valence-corrected chi connectivity index (χ2v) is 5.33. The van der Waals surface area contributed by atoms with Crippen molar-refractivity contribution in [3.63, 3.8) is 0 Å². The fourth-order valence-electron chi connectivity index (χ4n) is 1.77. The molecule has 0 bridgehead atoms. The van der Waals surface area contributed by atoms with Crippen LogP contribution in [0.1, 0.15) is 45.9 Å². The lowest BCUT2D eigenvalue weighted by Crippen LogP contribution is -2.24. The molecule has 0 unspecified atom stereocenters. The van der Waals surface area contributed by atoms with Crippen LogP contribution in [0.2, 0.25) is 0 Å². The van der Waals surface area contributed by atoms with Crippen molar-refractivity contribution in [1.29, 1.82) is 0 Å². The maximum atomic E-state index is 12.0. The Bertz CT molecular complexity index is 591. The van der Waals surface area contributed by atoms with Crippen molar-refractivity contribution in [3.8, 4) is 0 Å². The molecule has 0 fully saturated rings. The fraction of sp³-hybridized carbons (Fsp3) is 0.462. The number of thiazole rings is 1. The zero-order chi connectivity index (χ0) is 14.5. The van der Waals surface area contributed by atoms with Gasteiger partial charge >= 0.3 is 0 Å². The minimum absolute atomic E-state index is 0.133. The predicted octanol–water partition coefficient (Wildman–Crippen LogP) is 1.81. The zero-order valence-electron chi connectivity index (χ0n) is 11.5. The minimum atomic E-state index is -0.365. The molecular weight excluding hydrogens is 278 g/mol. The topological polar surface area (TPSA) is 88.3 Å². The molecule has 2 N–H and O–H groups in total. The van der Waals surface area contributed by atoms with Gasteiger partial charge in [0.15, 0.2) is 5.69 Å². The standard InChI is InChI=1S/C13H17N3O3S/c1-3-4-11-15-9(7-20-11)5-14-13(18)12-10(6-17)8(2)19-16-12/h7,17H,3-6H2,1-2H3,(H,14,18). The van der Waals surface area contributed by atoms with Crippen LogP contribution in [0, 0.1) is 6.92 Å². The van der Waals surface area contributed by atoms with Crippen LogP contribution in [0.25, 0.3) is 0 Å². The zero-order valence-corrected chi connectivity index (χ0v) is 12.3. The van der Waals surface area contributed by atoms with Crippen LogP contribution in [0.3, 0.4) is 0 Å². The molecule has 0 aliphatic rings. The van der Waals surface area contributed by atoms with Crippen LogP contribution in [0.15, 0.2) is 9.90 Å². The van der Waals surface area contributed by atoms with Gasteiger partial charge in [0.1, 0.15) is 5.76 Å². The first-order valence-corrected chi connectivity index (χ1v) is 7.31. The van der Waals surface area contributed by atoms with Crippen molar-refractivity contribution in [2.45, 2.75) is 39.8 Å². The number of aromatic nitrogens is 2. The quantitative estimate of drug-likeness (QED) is 0.848. The molecule has 0 saturated heterocycles. The van der Waals surface area contributed by atoms with E-state index in [1.54, 1.807) is 18.3 Å². The first kappa shape index (κ1) is 14.7. The third-order valence-electron chi connectivity index (χ3n) is 2.85. The molecular formula is C13H17N3O3S. The second-order valence-electron chi connectivity index (χ2n) is 4.39. The molecule has 2 rings (SSSR count). The monoisotopic (exact) mass is 295 g/mol. The average molecular weight is 295 g/mol. The Morgan fingerprint density at radius 3 is 3.05 bits per heavy atom. The lowest BCUT2D eigenvalue weighted by Gasteiger charge is -2.01. The van der Waals surface area contributed by atoms with Gasteiger partial charge in [0.2, 0.25) is 0 Å². The van der Waals surface area contributed by atoms with Crippen molar-refractivity contribution >= 4 is 17.2 Å². The fourth-order valence-corrected chi connectivity index (χ4v) is 2.67. The Hall–Kier alpha value is -1.73. The molecule has 2 aromatic rings. The maximum Gasteiger partial charge on any atom is 0.274 e. The Kier molecular flexibility index (Phi) is 4.86. The van der Waals surface area contributed by atoms with E-state index in [1.807, 2.05) is 5.38 Å². The number of aliphatic hydroxyl groups excluding tert-OH is 1. The third-order valence-corrected chi connectivity index (χ3v) is 3.81. The number of hydrogen-bond donors (Lipinski definition) is 2. The normalized spacial score (nSPS) is 10.8. The summed E-state index contributed by atoms with van der Waals surface area (Å²) in [6.45, 7) is 3.84. The van der Waals surface area contributed by atoms with Crippen LogP contribution >= 0.6 is 11.3 Å². The van der Waals surface area contributed by atoms with Gasteiger partial charge in [0, 0.05) is 5.38 Å². The highest BCUT2D eigenvalue weighted by Gasteiger charge is 2.18. The minimum Gasteiger partial charge on any atom is -0.391 e. The van der Waals surface area contributed by atoms with Gasteiger partial charge in [0.25, 0.3) is 5.91 Å². The molecule has 7 heteroatoms. The highest BCUT2D eigenvalue weighted by Crippen LogP contribution is 2.14.